The zero-order valence-electron chi connectivity index (χ0n) is 9.75. The van der Waals surface area contributed by atoms with Crippen LogP contribution in [0.3, 0.4) is 0 Å². The van der Waals surface area contributed by atoms with Crippen molar-refractivity contribution in [3.05, 3.63) is 23.5 Å². The summed E-state index contributed by atoms with van der Waals surface area (Å²) < 4.78 is 13.1. The topological polar surface area (TPSA) is 66.5 Å². The minimum absolute atomic E-state index is 0.312. The van der Waals surface area contributed by atoms with Crippen LogP contribution in [0, 0.1) is 5.82 Å². The van der Waals surface area contributed by atoms with E-state index in [0.29, 0.717) is 12.1 Å². The highest BCUT2D eigenvalue weighted by atomic mass is 19.1. The summed E-state index contributed by atoms with van der Waals surface area (Å²) in [6.07, 6.45) is 5.02. The van der Waals surface area contributed by atoms with E-state index in [9.17, 15) is 14.6 Å². The molecule has 4 heteroatoms. The SMILES string of the molecule is NCC1(c2ccc(F)c(O)c2O)CCCCC1. The van der Waals surface area contributed by atoms with Gasteiger partial charge in [-0.25, -0.2) is 4.39 Å². The van der Waals surface area contributed by atoms with Crippen LogP contribution in [0.1, 0.15) is 37.7 Å². The van der Waals surface area contributed by atoms with Crippen LogP contribution in [0.4, 0.5) is 4.39 Å². The summed E-state index contributed by atoms with van der Waals surface area (Å²) in [5.74, 6) is -1.81. The van der Waals surface area contributed by atoms with Crippen LogP contribution in [0.25, 0.3) is 0 Å². The largest absolute Gasteiger partial charge is 0.504 e. The summed E-state index contributed by atoms with van der Waals surface area (Å²) in [5, 5.41) is 19.3. The second-order valence-corrected chi connectivity index (χ2v) is 4.84. The van der Waals surface area contributed by atoms with Crippen LogP contribution < -0.4 is 5.73 Å². The highest BCUT2D eigenvalue weighted by Gasteiger charge is 2.35. The molecule has 1 fully saturated rings. The van der Waals surface area contributed by atoms with Gasteiger partial charge >= 0.3 is 0 Å². The molecule has 0 heterocycles. The zero-order chi connectivity index (χ0) is 12.5. The van der Waals surface area contributed by atoms with Gasteiger partial charge in [0.1, 0.15) is 0 Å². The van der Waals surface area contributed by atoms with E-state index < -0.39 is 11.6 Å². The van der Waals surface area contributed by atoms with Gasteiger partial charge in [-0.05, 0) is 18.9 Å². The fourth-order valence-corrected chi connectivity index (χ4v) is 2.79. The van der Waals surface area contributed by atoms with E-state index >= 15 is 0 Å². The van der Waals surface area contributed by atoms with Gasteiger partial charge in [0.15, 0.2) is 17.3 Å². The van der Waals surface area contributed by atoms with Crippen LogP contribution in [0.2, 0.25) is 0 Å². The third-order valence-corrected chi connectivity index (χ3v) is 3.87. The maximum Gasteiger partial charge on any atom is 0.194 e. The van der Waals surface area contributed by atoms with Crippen molar-refractivity contribution in [2.24, 2.45) is 5.73 Å². The summed E-state index contributed by atoms with van der Waals surface area (Å²) in [7, 11) is 0. The van der Waals surface area contributed by atoms with Crippen LogP contribution in [-0.4, -0.2) is 16.8 Å². The fourth-order valence-electron chi connectivity index (χ4n) is 2.79. The lowest BCUT2D eigenvalue weighted by atomic mass is 9.69. The normalized spacial score (nSPS) is 19.2. The van der Waals surface area contributed by atoms with Crippen molar-refractivity contribution in [2.45, 2.75) is 37.5 Å². The summed E-state index contributed by atoms with van der Waals surface area (Å²) in [6, 6.07) is 2.74. The third-order valence-electron chi connectivity index (χ3n) is 3.87. The van der Waals surface area contributed by atoms with Crippen molar-refractivity contribution < 1.29 is 14.6 Å². The Morgan fingerprint density at radius 1 is 1.12 bits per heavy atom. The molecule has 0 radical (unpaired) electrons. The Bertz CT molecular complexity index is 414. The van der Waals surface area contributed by atoms with Crippen molar-refractivity contribution in [3.63, 3.8) is 0 Å². The van der Waals surface area contributed by atoms with Gasteiger partial charge in [-0.15, -0.1) is 0 Å². The maximum absolute atomic E-state index is 13.1. The Morgan fingerprint density at radius 2 is 1.76 bits per heavy atom. The minimum Gasteiger partial charge on any atom is -0.504 e. The average Bonchev–Trinajstić information content (AvgIpc) is 2.37. The molecule has 0 aromatic heterocycles. The Morgan fingerprint density at radius 3 is 2.35 bits per heavy atom. The van der Waals surface area contributed by atoms with Gasteiger partial charge in [0.25, 0.3) is 0 Å². The van der Waals surface area contributed by atoms with Gasteiger partial charge in [-0.3, -0.25) is 0 Å². The lowest BCUT2D eigenvalue weighted by Crippen LogP contribution is -2.37. The molecule has 0 amide bonds. The monoisotopic (exact) mass is 239 g/mol. The number of hydrogen-bond donors (Lipinski definition) is 3. The highest BCUT2D eigenvalue weighted by Crippen LogP contribution is 2.45. The number of phenols is 2. The van der Waals surface area contributed by atoms with Crippen LogP contribution in [0.5, 0.6) is 11.5 Å². The van der Waals surface area contributed by atoms with Crippen LogP contribution in [0.15, 0.2) is 12.1 Å². The van der Waals surface area contributed by atoms with E-state index in [0.717, 1.165) is 32.1 Å². The molecule has 0 unspecified atom stereocenters. The Kier molecular flexibility index (Phi) is 3.24. The second-order valence-electron chi connectivity index (χ2n) is 4.84. The second kappa shape index (κ2) is 4.53. The average molecular weight is 239 g/mol. The molecule has 0 saturated heterocycles. The molecule has 1 aromatic rings. The first kappa shape index (κ1) is 12.2. The first-order valence-corrected chi connectivity index (χ1v) is 6.02. The van der Waals surface area contributed by atoms with Gasteiger partial charge < -0.3 is 15.9 Å². The van der Waals surface area contributed by atoms with Crippen molar-refractivity contribution in [1.82, 2.24) is 0 Å². The molecular formula is C13H18FNO2. The molecule has 1 aliphatic carbocycles. The minimum atomic E-state index is -0.797. The molecule has 1 aromatic carbocycles. The van der Waals surface area contributed by atoms with E-state index in [4.69, 9.17) is 5.73 Å². The number of hydrogen-bond acceptors (Lipinski definition) is 3. The molecule has 1 saturated carbocycles. The highest BCUT2D eigenvalue weighted by molar-refractivity contribution is 5.49. The van der Waals surface area contributed by atoms with E-state index in [1.54, 1.807) is 6.07 Å². The zero-order valence-corrected chi connectivity index (χ0v) is 9.75. The quantitative estimate of drug-likeness (QED) is 0.694. The summed E-state index contributed by atoms with van der Waals surface area (Å²) >= 11 is 0. The summed E-state index contributed by atoms with van der Waals surface area (Å²) in [6.45, 7) is 0.408. The summed E-state index contributed by atoms with van der Waals surface area (Å²) in [4.78, 5) is 0. The number of halogens is 1. The first-order chi connectivity index (χ1) is 8.10. The van der Waals surface area contributed by atoms with Gasteiger partial charge in [-0.2, -0.15) is 0 Å². The number of aromatic hydroxyl groups is 2. The van der Waals surface area contributed by atoms with Crippen LogP contribution in [-0.2, 0) is 5.41 Å². The molecular weight excluding hydrogens is 221 g/mol. The van der Waals surface area contributed by atoms with Crippen molar-refractivity contribution in [2.75, 3.05) is 6.54 Å². The standard InChI is InChI=1S/C13H18FNO2/c14-10-5-4-9(11(16)12(10)17)13(8-15)6-2-1-3-7-13/h4-5,16-17H,1-3,6-8,15H2. The number of rotatable bonds is 2. The summed E-state index contributed by atoms with van der Waals surface area (Å²) in [5.41, 5.74) is 6.11. The van der Waals surface area contributed by atoms with Crippen LogP contribution >= 0.6 is 0 Å². The van der Waals surface area contributed by atoms with Gasteiger partial charge in [0, 0.05) is 17.5 Å². The molecule has 0 spiro atoms. The molecule has 0 aliphatic heterocycles. The lowest BCUT2D eigenvalue weighted by Gasteiger charge is -2.37. The molecule has 94 valence electrons. The Hall–Kier alpha value is -1.29. The predicted octanol–water partition coefficient (Wildman–Crippen LogP) is 2.40. The van der Waals surface area contributed by atoms with Gasteiger partial charge in [0.2, 0.25) is 0 Å². The lowest BCUT2D eigenvalue weighted by molar-refractivity contribution is 0.284. The molecule has 17 heavy (non-hydrogen) atoms. The molecule has 1 aliphatic rings. The van der Waals surface area contributed by atoms with E-state index in [2.05, 4.69) is 0 Å². The number of phenolic OH excluding ortho intramolecular Hbond substituents is 2. The predicted molar refractivity (Wildman–Crippen MR) is 63.5 cm³/mol. The van der Waals surface area contributed by atoms with E-state index in [-0.39, 0.29) is 11.2 Å². The van der Waals surface area contributed by atoms with Gasteiger partial charge in [0.05, 0.1) is 0 Å². The molecule has 3 nitrogen and oxygen atoms in total. The van der Waals surface area contributed by atoms with E-state index in [1.807, 2.05) is 0 Å². The Labute approximate surface area is 100 Å². The number of benzene rings is 1. The molecule has 0 atom stereocenters. The number of nitrogens with two attached hydrogens (primary N) is 1. The molecule has 4 N–H and O–H groups in total. The van der Waals surface area contributed by atoms with Crippen molar-refractivity contribution in [3.8, 4) is 11.5 Å². The Balaban J connectivity index is 2.47. The first-order valence-electron chi connectivity index (χ1n) is 6.02. The molecule has 2 rings (SSSR count). The van der Waals surface area contributed by atoms with E-state index in [1.165, 1.54) is 6.07 Å². The molecule has 0 bridgehead atoms. The van der Waals surface area contributed by atoms with Crippen molar-refractivity contribution in [1.29, 1.82) is 0 Å². The smallest absolute Gasteiger partial charge is 0.194 e. The van der Waals surface area contributed by atoms with Gasteiger partial charge in [-0.1, -0.05) is 25.3 Å². The fraction of sp³-hybridized carbons (Fsp3) is 0.538. The third kappa shape index (κ3) is 1.97. The maximum atomic E-state index is 13.1. The van der Waals surface area contributed by atoms with Crippen molar-refractivity contribution >= 4 is 0 Å².